The standard InChI is InChI=1S/C14H20F2N2OS/c1-3-18-14(2,13(17)19)7-4-8-20-12-9-10(15)5-6-11(12)16/h5-6,9,18H,3-4,7-8H2,1-2H3,(H2,17,19). The van der Waals surface area contributed by atoms with Gasteiger partial charge in [0.1, 0.15) is 11.6 Å². The number of carbonyl (C=O) groups excluding carboxylic acids is 1. The van der Waals surface area contributed by atoms with E-state index in [2.05, 4.69) is 5.32 Å². The summed E-state index contributed by atoms with van der Waals surface area (Å²) in [6.07, 6.45) is 1.23. The molecule has 0 spiro atoms. The quantitative estimate of drug-likeness (QED) is 0.573. The summed E-state index contributed by atoms with van der Waals surface area (Å²) in [6.45, 7) is 4.30. The Hall–Kier alpha value is -1.14. The van der Waals surface area contributed by atoms with Crippen molar-refractivity contribution in [1.29, 1.82) is 0 Å². The summed E-state index contributed by atoms with van der Waals surface area (Å²) in [5.41, 5.74) is 4.62. The number of nitrogens with two attached hydrogens (primary N) is 1. The minimum Gasteiger partial charge on any atom is -0.368 e. The molecular formula is C14H20F2N2OS. The van der Waals surface area contributed by atoms with Gasteiger partial charge in [-0.25, -0.2) is 8.78 Å². The first-order valence-electron chi connectivity index (χ1n) is 6.52. The predicted molar refractivity (Wildman–Crippen MR) is 77.6 cm³/mol. The highest BCUT2D eigenvalue weighted by atomic mass is 32.2. The first-order valence-corrected chi connectivity index (χ1v) is 7.50. The Morgan fingerprint density at radius 1 is 1.45 bits per heavy atom. The molecular weight excluding hydrogens is 282 g/mol. The topological polar surface area (TPSA) is 55.1 Å². The van der Waals surface area contributed by atoms with E-state index in [9.17, 15) is 13.6 Å². The summed E-state index contributed by atoms with van der Waals surface area (Å²) in [6, 6.07) is 3.39. The maximum Gasteiger partial charge on any atom is 0.237 e. The summed E-state index contributed by atoms with van der Waals surface area (Å²) < 4.78 is 26.4. The second-order valence-electron chi connectivity index (χ2n) is 4.75. The molecule has 112 valence electrons. The van der Waals surface area contributed by atoms with Gasteiger partial charge in [0.2, 0.25) is 5.91 Å². The number of hydrogen-bond acceptors (Lipinski definition) is 3. The third-order valence-electron chi connectivity index (χ3n) is 3.08. The zero-order valence-corrected chi connectivity index (χ0v) is 12.5. The molecule has 0 aromatic heterocycles. The summed E-state index contributed by atoms with van der Waals surface area (Å²) >= 11 is 1.24. The van der Waals surface area contributed by atoms with Crippen LogP contribution in [-0.2, 0) is 4.79 Å². The van der Waals surface area contributed by atoms with Crippen LogP contribution in [0.4, 0.5) is 8.78 Å². The molecule has 0 bridgehead atoms. The van der Waals surface area contributed by atoms with Gasteiger partial charge in [-0.3, -0.25) is 4.79 Å². The molecule has 1 atom stereocenters. The van der Waals surface area contributed by atoms with Gasteiger partial charge >= 0.3 is 0 Å². The van der Waals surface area contributed by atoms with Gasteiger partial charge in [0.15, 0.2) is 0 Å². The van der Waals surface area contributed by atoms with Crippen LogP contribution in [0.1, 0.15) is 26.7 Å². The molecule has 20 heavy (non-hydrogen) atoms. The zero-order chi connectivity index (χ0) is 15.2. The third-order valence-corrected chi connectivity index (χ3v) is 4.20. The molecule has 0 saturated heterocycles. The lowest BCUT2D eigenvalue weighted by Gasteiger charge is -2.26. The van der Waals surface area contributed by atoms with Crippen LogP contribution < -0.4 is 11.1 Å². The number of thioether (sulfide) groups is 1. The molecule has 0 heterocycles. The molecule has 0 radical (unpaired) electrons. The number of amides is 1. The molecule has 1 aromatic rings. The predicted octanol–water partition coefficient (Wildman–Crippen LogP) is 2.69. The van der Waals surface area contributed by atoms with Crippen molar-refractivity contribution in [3.05, 3.63) is 29.8 Å². The monoisotopic (exact) mass is 302 g/mol. The van der Waals surface area contributed by atoms with Gasteiger partial charge in [0.05, 0.1) is 5.54 Å². The van der Waals surface area contributed by atoms with Crippen LogP contribution in [0.25, 0.3) is 0 Å². The first-order chi connectivity index (χ1) is 9.39. The number of likely N-dealkylation sites (N-methyl/N-ethyl adjacent to an activating group) is 1. The van der Waals surface area contributed by atoms with Crippen LogP contribution in [0.3, 0.4) is 0 Å². The zero-order valence-electron chi connectivity index (χ0n) is 11.7. The molecule has 0 aliphatic rings. The van der Waals surface area contributed by atoms with Crippen LogP contribution in [0.2, 0.25) is 0 Å². The Morgan fingerprint density at radius 2 is 2.15 bits per heavy atom. The fourth-order valence-electron chi connectivity index (χ4n) is 1.88. The highest BCUT2D eigenvalue weighted by molar-refractivity contribution is 7.99. The molecule has 0 aliphatic heterocycles. The highest BCUT2D eigenvalue weighted by Crippen LogP contribution is 2.25. The van der Waals surface area contributed by atoms with E-state index in [0.29, 0.717) is 25.1 Å². The summed E-state index contributed by atoms with van der Waals surface area (Å²) in [5, 5.41) is 3.06. The Bertz CT molecular complexity index is 470. The van der Waals surface area contributed by atoms with E-state index in [4.69, 9.17) is 5.73 Å². The van der Waals surface area contributed by atoms with Crippen molar-refractivity contribution in [1.82, 2.24) is 5.32 Å². The molecule has 0 aliphatic carbocycles. The van der Waals surface area contributed by atoms with Crippen LogP contribution >= 0.6 is 11.8 Å². The Labute approximate surface area is 122 Å². The maximum absolute atomic E-state index is 13.4. The van der Waals surface area contributed by atoms with Gasteiger partial charge in [0, 0.05) is 4.90 Å². The van der Waals surface area contributed by atoms with Gasteiger partial charge in [-0.2, -0.15) is 0 Å². The van der Waals surface area contributed by atoms with E-state index in [0.717, 1.165) is 12.1 Å². The lowest BCUT2D eigenvalue weighted by atomic mass is 9.95. The van der Waals surface area contributed by atoms with E-state index >= 15 is 0 Å². The maximum atomic E-state index is 13.4. The summed E-state index contributed by atoms with van der Waals surface area (Å²) in [7, 11) is 0. The van der Waals surface area contributed by atoms with Crippen molar-refractivity contribution >= 4 is 17.7 Å². The molecule has 1 rings (SSSR count). The van der Waals surface area contributed by atoms with Crippen molar-refractivity contribution in [2.45, 2.75) is 37.1 Å². The average molecular weight is 302 g/mol. The largest absolute Gasteiger partial charge is 0.368 e. The lowest BCUT2D eigenvalue weighted by Crippen LogP contribution is -2.53. The molecule has 6 heteroatoms. The number of primary amides is 1. The fourth-order valence-corrected chi connectivity index (χ4v) is 2.79. The van der Waals surface area contributed by atoms with E-state index in [1.807, 2.05) is 6.92 Å². The number of hydrogen-bond donors (Lipinski definition) is 2. The van der Waals surface area contributed by atoms with Crippen LogP contribution in [0.15, 0.2) is 23.1 Å². The molecule has 1 aromatic carbocycles. The van der Waals surface area contributed by atoms with Gasteiger partial charge in [-0.15, -0.1) is 11.8 Å². The number of rotatable bonds is 8. The molecule has 0 fully saturated rings. The van der Waals surface area contributed by atoms with Gasteiger partial charge < -0.3 is 11.1 Å². The normalized spacial score (nSPS) is 14.0. The Morgan fingerprint density at radius 3 is 2.75 bits per heavy atom. The van der Waals surface area contributed by atoms with Gasteiger partial charge in [0.25, 0.3) is 0 Å². The van der Waals surface area contributed by atoms with E-state index in [-0.39, 0.29) is 4.90 Å². The number of nitrogens with one attached hydrogen (secondary N) is 1. The molecule has 0 saturated carbocycles. The highest BCUT2D eigenvalue weighted by Gasteiger charge is 2.28. The second kappa shape index (κ2) is 7.59. The van der Waals surface area contributed by atoms with Crippen molar-refractivity contribution in [3.63, 3.8) is 0 Å². The fraction of sp³-hybridized carbons (Fsp3) is 0.500. The van der Waals surface area contributed by atoms with Crippen molar-refractivity contribution in [2.24, 2.45) is 5.73 Å². The third kappa shape index (κ3) is 4.76. The minimum atomic E-state index is -0.754. The van der Waals surface area contributed by atoms with E-state index in [1.54, 1.807) is 6.92 Å². The smallest absolute Gasteiger partial charge is 0.237 e. The van der Waals surface area contributed by atoms with Gasteiger partial charge in [-0.05, 0) is 50.3 Å². The summed E-state index contributed by atoms with van der Waals surface area (Å²) in [5.74, 6) is -0.695. The summed E-state index contributed by atoms with van der Waals surface area (Å²) in [4.78, 5) is 11.7. The molecule has 3 nitrogen and oxygen atoms in total. The van der Waals surface area contributed by atoms with Crippen molar-refractivity contribution in [2.75, 3.05) is 12.3 Å². The second-order valence-corrected chi connectivity index (χ2v) is 5.89. The van der Waals surface area contributed by atoms with Crippen molar-refractivity contribution < 1.29 is 13.6 Å². The average Bonchev–Trinajstić information content (AvgIpc) is 2.38. The van der Waals surface area contributed by atoms with Gasteiger partial charge in [-0.1, -0.05) is 6.92 Å². The Balaban J connectivity index is 2.48. The number of halogens is 2. The minimum absolute atomic E-state index is 0.286. The van der Waals surface area contributed by atoms with Crippen LogP contribution in [0.5, 0.6) is 0 Å². The first kappa shape index (κ1) is 16.9. The van der Waals surface area contributed by atoms with E-state index < -0.39 is 23.1 Å². The Kier molecular flexibility index (Phi) is 6.42. The van der Waals surface area contributed by atoms with Crippen molar-refractivity contribution in [3.8, 4) is 0 Å². The number of benzene rings is 1. The molecule has 1 unspecified atom stereocenters. The van der Waals surface area contributed by atoms with Crippen LogP contribution in [0, 0.1) is 11.6 Å². The number of carbonyl (C=O) groups is 1. The molecule has 3 N–H and O–H groups in total. The lowest BCUT2D eigenvalue weighted by molar-refractivity contribution is -0.124. The van der Waals surface area contributed by atoms with Crippen LogP contribution in [-0.4, -0.2) is 23.7 Å². The molecule has 1 amide bonds. The van der Waals surface area contributed by atoms with E-state index in [1.165, 1.54) is 17.8 Å². The SMILES string of the molecule is CCNC(C)(CCCSc1cc(F)ccc1F)C(N)=O.